The molecule has 0 radical (unpaired) electrons. The zero-order valence-electron chi connectivity index (χ0n) is 14.2. The van der Waals surface area contributed by atoms with Crippen LogP contribution in [0.2, 0.25) is 0 Å². The standard InChI is InChI=1S/C20H23NO3S/c22-20(21-9-2-7-19(21)16-8-11-25-14-16)15-4-1-5-17(12-15)24-13-18-6-3-10-23-18/h1,4-5,8,11-12,14,18-19H,2-3,6-7,9-10,13H2/t18-,19-/m0/s1. The van der Waals surface area contributed by atoms with E-state index in [2.05, 4.69) is 16.8 Å². The van der Waals surface area contributed by atoms with Crippen LogP contribution in [0.15, 0.2) is 41.1 Å². The summed E-state index contributed by atoms with van der Waals surface area (Å²) in [4.78, 5) is 15.0. The lowest BCUT2D eigenvalue weighted by atomic mass is 10.1. The molecule has 2 aliphatic heterocycles. The Balaban J connectivity index is 1.45. The van der Waals surface area contributed by atoms with Crippen LogP contribution in [0.5, 0.6) is 5.75 Å². The SMILES string of the molecule is O=C(c1cccc(OC[C@@H]2CCCO2)c1)N1CCC[C@H]1c1ccsc1. The van der Waals surface area contributed by atoms with Crippen molar-refractivity contribution >= 4 is 17.2 Å². The van der Waals surface area contributed by atoms with Gasteiger partial charge in [0.1, 0.15) is 12.4 Å². The lowest BCUT2D eigenvalue weighted by molar-refractivity contribution is 0.0676. The molecule has 2 saturated heterocycles. The lowest BCUT2D eigenvalue weighted by Crippen LogP contribution is -2.30. The summed E-state index contributed by atoms with van der Waals surface area (Å²) >= 11 is 1.69. The van der Waals surface area contributed by atoms with E-state index in [4.69, 9.17) is 9.47 Å². The third kappa shape index (κ3) is 3.72. The molecule has 5 heteroatoms. The number of nitrogens with zero attached hydrogens (tertiary/aromatic N) is 1. The molecule has 0 unspecified atom stereocenters. The second-order valence-electron chi connectivity index (χ2n) is 6.69. The van der Waals surface area contributed by atoms with Gasteiger partial charge in [-0.05, 0) is 66.3 Å². The van der Waals surface area contributed by atoms with E-state index < -0.39 is 0 Å². The van der Waals surface area contributed by atoms with Gasteiger partial charge in [-0.15, -0.1) is 0 Å². The number of likely N-dealkylation sites (tertiary alicyclic amines) is 1. The Morgan fingerprint density at radius 3 is 3.04 bits per heavy atom. The van der Waals surface area contributed by atoms with Gasteiger partial charge in [-0.1, -0.05) is 6.07 Å². The van der Waals surface area contributed by atoms with Crippen LogP contribution < -0.4 is 4.74 Å². The van der Waals surface area contributed by atoms with Gasteiger partial charge in [-0.25, -0.2) is 0 Å². The number of hydrogen-bond acceptors (Lipinski definition) is 4. The highest BCUT2D eigenvalue weighted by molar-refractivity contribution is 7.08. The van der Waals surface area contributed by atoms with Gasteiger partial charge in [0, 0.05) is 18.7 Å². The van der Waals surface area contributed by atoms with Gasteiger partial charge in [0.2, 0.25) is 0 Å². The largest absolute Gasteiger partial charge is 0.491 e. The number of ether oxygens (including phenoxy) is 2. The molecule has 0 N–H and O–H groups in total. The van der Waals surface area contributed by atoms with Gasteiger partial charge in [-0.3, -0.25) is 4.79 Å². The highest BCUT2D eigenvalue weighted by Crippen LogP contribution is 2.34. The minimum absolute atomic E-state index is 0.0938. The second-order valence-corrected chi connectivity index (χ2v) is 7.47. The molecule has 0 bridgehead atoms. The average molecular weight is 357 g/mol. The molecule has 132 valence electrons. The molecular weight excluding hydrogens is 334 g/mol. The number of thiophene rings is 1. The topological polar surface area (TPSA) is 38.8 Å². The van der Waals surface area contributed by atoms with E-state index in [1.54, 1.807) is 11.3 Å². The molecule has 2 aromatic rings. The Labute approximate surface area is 152 Å². The van der Waals surface area contributed by atoms with Crippen molar-refractivity contribution in [3.05, 3.63) is 52.2 Å². The quantitative estimate of drug-likeness (QED) is 0.801. The third-order valence-corrected chi connectivity index (χ3v) is 5.68. The zero-order chi connectivity index (χ0) is 17.1. The predicted octanol–water partition coefficient (Wildman–Crippen LogP) is 4.28. The first-order chi connectivity index (χ1) is 12.3. The Bertz CT molecular complexity index is 709. The number of benzene rings is 1. The van der Waals surface area contributed by atoms with Crippen LogP contribution in [0.1, 0.15) is 47.6 Å². The highest BCUT2D eigenvalue weighted by atomic mass is 32.1. The molecule has 2 fully saturated rings. The molecule has 0 saturated carbocycles. The van der Waals surface area contributed by atoms with Crippen molar-refractivity contribution in [3.8, 4) is 5.75 Å². The Kier molecular flexibility index (Phi) is 5.04. The molecule has 0 aliphatic carbocycles. The van der Waals surface area contributed by atoms with Gasteiger partial charge in [0.15, 0.2) is 0 Å². The van der Waals surface area contributed by atoms with E-state index in [9.17, 15) is 4.79 Å². The summed E-state index contributed by atoms with van der Waals surface area (Å²) in [6, 6.07) is 9.88. The summed E-state index contributed by atoms with van der Waals surface area (Å²) in [5, 5.41) is 4.23. The molecule has 2 aliphatic rings. The third-order valence-electron chi connectivity index (χ3n) is 4.98. The maximum Gasteiger partial charge on any atom is 0.254 e. The van der Waals surface area contributed by atoms with Crippen LogP contribution in [0.4, 0.5) is 0 Å². The normalized spacial score (nSPS) is 23.1. The predicted molar refractivity (Wildman–Crippen MR) is 98.2 cm³/mol. The fourth-order valence-corrected chi connectivity index (χ4v) is 4.38. The Hall–Kier alpha value is -1.85. The van der Waals surface area contributed by atoms with Crippen molar-refractivity contribution in [2.24, 2.45) is 0 Å². The number of amides is 1. The van der Waals surface area contributed by atoms with Gasteiger partial charge in [0.25, 0.3) is 5.91 Å². The summed E-state index contributed by atoms with van der Waals surface area (Å²) in [6.45, 7) is 2.20. The van der Waals surface area contributed by atoms with E-state index in [1.807, 2.05) is 29.2 Å². The van der Waals surface area contributed by atoms with Crippen LogP contribution in [0, 0.1) is 0 Å². The van der Waals surface area contributed by atoms with E-state index in [0.717, 1.165) is 44.6 Å². The lowest BCUT2D eigenvalue weighted by Gasteiger charge is -2.24. The summed E-state index contributed by atoms with van der Waals surface area (Å²) in [5.41, 5.74) is 1.95. The van der Waals surface area contributed by atoms with Gasteiger partial charge in [-0.2, -0.15) is 11.3 Å². The van der Waals surface area contributed by atoms with Crippen molar-refractivity contribution in [3.63, 3.8) is 0 Å². The van der Waals surface area contributed by atoms with Crippen LogP contribution in [0.3, 0.4) is 0 Å². The number of rotatable bonds is 5. The molecule has 1 amide bonds. The van der Waals surface area contributed by atoms with E-state index in [0.29, 0.717) is 12.2 Å². The zero-order valence-corrected chi connectivity index (χ0v) is 15.0. The molecule has 4 rings (SSSR count). The molecule has 1 aromatic carbocycles. The minimum atomic E-state index is 0.0938. The summed E-state index contributed by atoms with van der Waals surface area (Å²) in [7, 11) is 0. The van der Waals surface area contributed by atoms with Crippen LogP contribution >= 0.6 is 11.3 Å². The van der Waals surface area contributed by atoms with E-state index >= 15 is 0 Å². The van der Waals surface area contributed by atoms with Gasteiger partial charge < -0.3 is 14.4 Å². The molecule has 4 nitrogen and oxygen atoms in total. The van der Waals surface area contributed by atoms with Crippen LogP contribution in [-0.4, -0.2) is 36.7 Å². The van der Waals surface area contributed by atoms with E-state index in [1.165, 1.54) is 5.56 Å². The number of carbonyl (C=O) groups is 1. The first-order valence-electron chi connectivity index (χ1n) is 8.99. The molecule has 1 aromatic heterocycles. The first-order valence-corrected chi connectivity index (χ1v) is 9.93. The molecule has 3 heterocycles. The maximum atomic E-state index is 13.0. The van der Waals surface area contributed by atoms with Crippen molar-refractivity contribution in [2.45, 2.75) is 37.8 Å². The van der Waals surface area contributed by atoms with Gasteiger partial charge in [0.05, 0.1) is 12.1 Å². The second kappa shape index (κ2) is 7.58. The van der Waals surface area contributed by atoms with Crippen LogP contribution in [0.25, 0.3) is 0 Å². The molecule has 2 atom stereocenters. The van der Waals surface area contributed by atoms with Crippen molar-refractivity contribution in [1.29, 1.82) is 0 Å². The van der Waals surface area contributed by atoms with E-state index in [-0.39, 0.29) is 18.1 Å². The summed E-state index contributed by atoms with van der Waals surface area (Å²) in [5.74, 6) is 0.837. The van der Waals surface area contributed by atoms with Crippen molar-refractivity contribution in [2.75, 3.05) is 19.8 Å². The van der Waals surface area contributed by atoms with Gasteiger partial charge >= 0.3 is 0 Å². The fourth-order valence-electron chi connectivity index (χ4n) is 3.67. The molecule has 0 spiro atoms. The van der Waals surface area contributed by atoms with Crippen LogP contribution in [-0.2, 0) is 4.74 Å². The molecular formula is C20H23NO3S. The molecule has 25 heavy (non-hydrogen) atoms. The van der Waals surface area contributed by atoms with Crippen molar-refractivity contribution < 1.29 is 14.3 Å². The maximum absolute atomic E-state index is 13.0. The fraction of sp³-hybridized carbons (Fsp3) is 0.450. The average Bonchev–Trinajstić information content (AvgIpc) is 3.41. The highest BCUT2D eigenvalue weighted by Gasteiger charge is 2.30. The first kappa shape index (κ1) is 16.6. The monoisotopic (exact) mass is 357 g/mol. The Morgan fingerprint density at radius 2 is 2.24 bits per heavy atom. The number of hydrogen-bond donors (Lipinski definition) is 0. The summed E-state index contributed by atoms with van der Waals surface area (Å²) < 4.78 is 11.4. The Morgan fingerprint density at radius 1 is 1.28 bits per heavy atom. The number of carbonyl (C=O) groups excluding carboxylic acids is 1. The summed E-state index contributed by atoms with van der Waals surface area (Å²) in [6.07, 6.45) is 4.43. The van der Waals surface area contributed by atoms with Crippen molar-refractivity contribution in [1.82, 2.24) is 4.90 Å². The smallest absolute Gasteiger partial charge is 0.254 e. The minimum Gasteiger partial charge on any atom is -0.491 e.